The highest BCUT2D eigenvalue weighted by Crippen LogP contribution is 2.62. The van der Waals surface area contributed by atoms with Crippen LogP contribution in [0.15, 0.2) is 18.2 Å². The van der Waals surface area contributed by atoms with Gasteiger partial charge in [-0.3, -0.25) is 0 Å². The molecule has 0 bridgehead atoms. The normalized spacial score (nSPS) is 31.4. The molecule has 0 radical (unpaired) electrons. The van der Waals surface area contributed by atoms with Gasteiger partial charge in [-0.05, 0) is 17.7 Å². The van der Waals surface area contributed by atoms with Crippen molar-refractivity contribution in [1.29, 1.82) is 0 Å². The molecule has 3 atom stereocenters. The Bertz CT molecular complexity index is 638. The maximum Gasteiger partial charge on any atom is 0.231 e. The summed E-state index contributed by atoms with van der Waals surface area (Å²) in [7, 11) is -3.28. The molecule has 0 aromatic heterocycles. The van der Waals surface area contributed by atoms with Gasteiger partial charge in [-0.2, -0.15) is 0 Å². The molecule has 3 rings (SSSR count). The molecule has 7 heteroatoms. The molecular weight excluding hydrogens is 282 g/mol. The smallest absolute Gasteiger partial charge is 0.231 e. The Balaban J connectivity index is 2.01. The highest BCUT2D eigenvalue weighted by Gasteiger charge is 2.68. The zero-order chi connectivity index (χ0) is 14.5. The molecular formula is C13H17NO5S. The van der Waals surface area contributed by atoms with Crippen molar-refractivity contribution in [1.82, 2.24) is 0 Å². The van der Waals surface area contributed by atoms with E-state index in [-0.39, 0.29) is 25.9 Å². The first-order chi connectivity index (χ1) is 9.44. The van der Waals surface area contributed by atoms with E-state index >= 15 is 0 Å². The molecule has 1 saturated carbocycles. The average molecular weight is 299 g/mol. The summed E-state index contributed by atoms with van der Waals surface area (Å²) >= 11 is 0. The molecule has 0 saturated heterocycles. The predicted molar refractivity (Wildman–Crippen MR) is 72.5 cm³/mol. The third kappa shape index (κ3) is 1.81. The van der Waals surface area contributed by atoms with E-state index < -0.39 is 20.5 Å². The molecule has 1 aromatic carbocycles. The van der Waals surface area contributed by atoms with Crippen molar-refractivity contribution in [3.8, 4) is 11.5 Å². The first-order valence-corrected chi connectivity index (χ1v) is 8.29. The topological polar surface area (TPSA) is 98.9 Å². The van der Waals surface area contributed by atoms with Crippen molar-refractivity contribution in [3.05, 3.63) is 23.8 Å². The van der Waals surface area contributed by atoms with Crippen LogP contribution in [0.25, 0.3) is 0 Å². The molecule has 2 aliphatic rings. The average Bonchev–Trinajstić information content (AvgIpc) is 2.89. The van der Waals surface area contributed by atoms with Crippen LogP contribution in [0.2, 0.25) is 0 Å². The van der Waals surface area contributed by atoms with Gasteiger partial charge in [0.2, 0.25) is 6.79 Å². The zero-order valence-electron chi connectivity index (χ0n) is 11.1. The number of hydrogen-bond acceptors (Lipinski definition) is 6. The molecule has 110 valence electrons. The van der Waals surface area contributed by atoms with E-state index in [1.165, 1.54) is 6.26 Å². The van der Waals surface area contributed by atoms with Gasteiger partial charge in [0.15, 0.2) is 21.3 Å². The van der Waals surface area contributed by atoms with Crippen LogP contribution in [0.5, 0.6) is 11.5 Å². The SMILES string of the molecule is CS(=O)(=O)[C@@H]1[C@H](c2ccc3c(c2)OCO3)[C@@]1(CN)CO. The van der Waals surface area contributed by atoms with Crippen LogP contribution in [-0.4, -0.2) is 45.0 Å². The van der Waals surface area contributed by atoms with Crippen LogP contribution in [0.1, 0.15) is 11.5 Å². The molecule has 0 spiro atoms. The zero-order valence-corrected chi connectivity index (χ0v) is 11.9. The summed E-state index contributed by atoms with van der Waals surface area (Å²) in [4.78, 5) is 0. The van der Waals surface area contributed by atoms with Gasteiger partial charge < -0.3 is 20.3 Å². The minimum atomic E-state index is -3.28. The maximum absolute atomic E-state index is 11.9. The number of aliphatic hydroxyl groups is 1. The van der Waals surface area contributed by atoms with E-state index in [4.69, 9.17) is 15.2 Å². The lowest BCUT2D eigenvalue weighted by Crippen LogP contribution is -2.27. The van der Waals surface area contributed by atoms with E-state index in [1.807, 2.05) is 6.07 Å². The van der Waals surface area contributed by atoms with Crippen molar-refractivity contribution in [2.75, 3.05) is 26.2 Å². The summed E-state index contributed by atoms with van der Waals surface area (Å²) in [5.41, 5.74) is 5.75. The number of fused-ring (bicyclic) bond motifs is 1. The minimum absolute atomic E-state index is 0.125. The van der Waals surface area contributed by atoms with E-state index in [0.717, 1.165) is 5.56 Å². The number of aliphatic hydroxyl groups excluding tert-OH is 1. The number of benzene rings is 1. The molecule has 1 heterocycles. The van der Waals surface area contributed by atoms with Crippen LogP contribution >= 0.6 is 0 Å². The number of sulfone groups is 1. The third-order valence-electron chi connectivity index (χ3n) is 4.27. The largest absolute Gasteiger partial charge is 0.454 e. The molecule has 0 unspecified atom stereocenters. The van der Waals surface area contributed by atoms with Gasteiger partial charge in [0.05, 0.1) is 11.9 Å². The highest BCUT2D eigenvalue weighted by molar-refractivity contribution is 7.91. The number of rotatable bonds is 4. The standard InChI is InChI=1S/C13H17NO5S/c1-20(16,17)12-11(13(12,5-14)6-15)8-2-3-9-10(4-8)19-7-18-9/h2-4,11-12,15H,5-7,14H2,1H3/t11-,12+,13+/m0/s1. The Labute approximate surface area is 117 Å². The Morgan fingerprint density at radius 2 is 2.10 bits per heavy atom. The Morgan fingerprint density at radius 1 is 1.40 bits per heavy atom. The van der Waals surface area contributed by atoms with Gasteiger partial charge in [-0.25, -0.2) is 8.42 Å². The molecule has 1 aliphatic heterocycles. The summed E-state index contributed by atoms with van der Waals surface area (Å²) in [5, 5.41) is 8.97. The lowest BCUT2D eigenvalue weighted by atomic mass is 10.00. The van der Waals surface area contributed by atoms with Crippen LogP contribution in [0, 0.1) is 5.41 Å². The lowest BCUT2D eigenvalue weighted by Gasteiger charge is -2.11. The monoisotopic (exact) mass is 299 g/mol. The van der Waals surface area contributed by atoms with E-state index in [1.54, 1.807) is 12.1 Å². The quantitative estimate of drug-likeness (QED) is 0.803. The molecule has 3 N–H and O–H groups in total. The predicted octanol–water partition coefficient (Wildman–Crippen LogP) is -0.137. The van der Waals surface area contributed by atoms with E-state index in [0.29, 0.717) is 11.5 Å². The maximum atomic E-state index is 11.9. The third-order valence-corrected chi connectivity index (χ3v) is 5.94. The van der Waals surface area contributed by atoms with Gasteiger partial charge in [0, 0.05) is 24.1 Å². The molecule has 1 aromatic rings. The molecule has 1 fully saturated rings. The van der Waals surface area contributed by atoms with E-state index in [9.17, 15) is 13.5 Å². The fourth-order valence-corrected chi connectivity index (χ4v) is 5.25. The van der Waals surface area contributed by atoms with Crippen molar-refractivity contribution >= 4 is 9.84 Å². The number of ether oxygens (including phenoxy) is 2. The first-order valence-electron chi connectivity index (χ1n) is 6.33. The summed E-state index contributed by atoms with van der Waals surface area (Å²) in [6.45, 7) is 0.0433. The number of hydrogen-bond donors (Lipinski definition) is 2. The second kappa shape index (κ2) is 4.34. The minimum Gasteiger partial charge on any atom is -0.454 e. The van der Waals surface area contributed by atoms with Gasteiger partial charge in [-0.1, -0.05) is 6.07 Å². The summed E-state index contributed by atoms with van der Waals surface area (Å²) in [6.07, 6.45) is 1.19. The Hall–Kier alpha value is -1.31. The fourth-order valence-electron chi connectivity index (χ4n) is 3.24. The molecule has 20 heavy (non-hydrogen) atoms. The van der Waals surface area contributed by atoms with Crippen molar-refractivity contribution < 1.29 is 23.0 Å². The molecule has 0 amide bonds. The molecule has 1 aliphatic carbocycles. The number of nitrogens with two attached hydrogens (primary N) is 1. The van der Waals surface area contributed by atoms with Gasteiger partial charge in [-0.15, -0.1) is 0 Å². The van der Waals surface area contributed by atoms with Crippen LogP contribution in [-0.2, 0) is 9.84 Å². The van der Waals surface area contributed by atoms with Crippen molar-refractivity contribution in [3.63, 3.8) is 0 Å². The van der Waals surface area contributed by atoms with Gasteiger partial charge in [0.25, 0.3) is 0 Å². The first kappa shape index (κ1) is 13.7. The van der Waals surface area contributed by atoms with Gasteiger partial charge >= 0.3 is 0 Å². The second-order valence-corrected chi connectivity index (χ2v) is 7.60. The fraction of sp³-hybridized carbons (Fsp3) is 0.538. The van der Waals surface area contributed by atoms with Crippen molar-refractivity contribution in [2.45, 2.75) is 11.2 Å². The van der Waals surface area contributed by atoms with Crippen LogP contribution in [0.3, 0.4) is 0 Å². The summed E-state index contributed by atoms with van der Waals surface area (Å²) < 4.78 is 34.4. The highest BCUT2D eigenvalue weighted by atomic mass is 32.2. The van der Waals surface area contributed by atoms with Crippen molar-refractivity contribution in [2.24, 2.45) is 11.1 Å². The van der Waals surface area contributed by atoms with Crippen LogP contribution in [0.4, 0.5) is 0 Å². The Kier molecular flexibility index (Phi) is 2.97. The summed E-state index contributed by atoms with van der Waals surface area (Å²) in [6, 6.07) is 5.34. The summed E-state index contributed by atoms with van der Waals surface area (Å²) in [5.74, 6) is 0.945. The van der Waals surface area contributed by atoms with E-state index in [2.05, 4.69) is 0 Å². The van der Waals surface area contributed by atoms with Gasteiger partial charge in [0.1, 0.15) is 0 Å². The second-order valence-electron chi connectivity index (χ2n) is 5.44. The van der Waals surface area contributed by atoms with Crippen LogP contribution < -0.4 is 15.2 Å². The lowest BCUT2D eigenvalue weighted by molar-refractivity contribution is 0.174. The Morgan fingerprint density at radius 3 is 2.65 bits per heavy atom. The molecule has 6 nitrogen and oxygen atoms in total.